The van der Waals surface area contributed by atoms with Gasteiger partial charge in [0.25, 0.3) is 0 Å². The van der Waals surface area contributed by atoms with Crippen molar-refractivity contribution in [3.8, 4) is 28.5 Å². The second-order valence-corrected chi connectivity index (χ2v) is 9.37. The molecule has 0 bridgehead atoms. The SMILES string of the molecule is Cc1cccc(-c2ncc(-c3ccnc(Nc4cccc(OCCCN5CCSC5)c4)n3)[nH]2)c1. The molecule has 0 aliphatic carbocycles. The van der Waals surface area contributed by atoms with Crippen LogP contribution >= 0.6 is 11.8 Å². The summed E-state index contributed by atoms with van der Waals surface area (Å²) in [6.07, 6.45) is 4.58. The Hall–Kier alpha value is -3.36. The molecule has 1 fully saturated rings. The molecular weight excluding hydrogens is 444 g/mol. The van der Waals surface area contributed by atoms with Gasteiger partial charge in [-0.3, -0.25) is 4.90 Å². The second-order valence-electron chi connectivity index (χ2n) is 8.29. The summed E-state index contributed by atoms with van der Waals surface area (Å²) in [5, 5.41) is 3.29. The predicted octanol–water partition coefficient (Wildman–Crippen LogP) is 5.36. The highest BCUT2D eigenvalue weighted by Gasteiger charge is 2.11. The van der Waals surface area contributed by atoms with Crippen LogP contribution in [0, 0.1) is 6.92 Å². The van der Waals surface area contributed by atoms with Crippen molar-refractivity contribution in [3.63, 3.8) is 0 Å². The second kappa shape index (κ2) is 10.7. The van der Waals surface area contributed by atoms with Crippen molar-refractivity contribution in [2.45, 2.75) is 13.3 Å². The molecule has 5 rings (SSSR count). The lowest BCUT2D eigenvalue weighted by atomic mass is 10.1. The quantitative estimate of drug-likeness (QED) is 0.317. The molecule has 34 heavy (non-hydrogen) atoms. The van der Waals surface area contributed by atoms with Gasteiger partial charge in [-0.15, -0.1) is 11.8 Å². The first-order valence-electron chi connectivity index (χ1n) is 11.5. The molecule has 1 aliphatic rings. The van der Waals surface area contributed by atoms with Crippen LogP contribution < -0.4 is 10.1 Å². The van der Waals surface area contributed by atoms with Crippen molar-refractivity contribution in [1.29, 1.82) is 0 Å². The molecule has 3 heterocycles. The fourth-order valence-electron chi connectivity index (χ4n) is 3.86. The molecule has 1 aliphatic heterocycles. The molecule has 2 aromatic heterocycles. The van der Waals surface area contributed by atoms with Gasteiger partial charge in [0, 0.05) is 48.2 Å². The smallest absolute Gasteiger partial charge is 0.227 e. The Bertz CT molecular complexity index is 1240. The Morgan fingerprint density at radius 3 is 2.94 bits per heavy atom. The lowest BCUT2D eigenvalue weighted by Gasteiger charge is -2.14. The number of imidazole rings is 1. The Kier molecular flexibility index (Phi) is 7.07. The van der Waals surface area contributed by atoms with Crippen molar-refractivity contribution >= 4 is 23.4 Å². The van der Waals surface area contributed by atoms with Crippen molar-refractivity contribution in [2.75, 3.05) is 36.6 Å². The number of H-pyrrole nitrogens is 1. The third-order valence-electron chi connectivity index (χ3n) is 5.60. The van der Waals surface area contributed by atoms with Gasteiger partial charge in [-0.1, -0.05) is 29.8 Å². The van der Waals surface area contributed by atoms with Crippen LogP contribution in [0.15, 0.2) is 67.0 Å². The van der Waals surface area contributed by atoms with Crippen LogP contribution in [-0.2, 0) is 0 Å². The molecule has 0 amide bonds. The minimum atomic E-state index is 0.521. The van der Waals surface area contributed by atoms with Gasteiger partial charge in [-0.25, -0.2) is 15.0 Å². The summed E-state index contributed by atoms with van der Waals surface area (Å²) in [5.41, 5.74) is 4.75. The van der Waals surface area contributed by atoms with Crippen LogP contribution in [0.4, 0.5) is 11.6 Å². The zero-order chi connectivity index (χ0) is 23.2. The van der Waals surface area contributed by atoms with Crippen LogP contribution in [0.2, 0.25) is 0 Å². The lowest BCUT2D eigenvalue weighted by molar-refractivity contribution is 0.269. The van der Waals surface area contributed by atoms with E-state index in [9.17, 15) is 0 Å². The third kappa shape index (κ3) is 5.76. The summed E-state index contributed by atoms with van der Waals surface area (Å²) >= 11 is 2.00. The van der Waals surface area contributed by atoms with Gasteiger partial charge in [0.15, 0.2) is 0 Å². The fourth-order valence-corrected chi connectivity index (χ4v) is 4.89. The maximum Gasteiger partial charge on any atom is 0.227 e. The molecular formula is C26H28N6OS. The average Bonchev–Trinajstić information content (AvgIpc) is 3.55. The Balaban J connectivity index is 1.22. The van der Waals surface area contributed by atoms with Crippen molar-refractivity contribution in [3.05, 3.63) is 72.6 Å². The van der Waals surface area contributed by atoms with E-state index in [0.717, 1.165) is 53.1 Å². The van der Waals surface area contributed by atoms with E-state index in [-0.39, 0.29) is 0 Å². The fraction of sp³-hybridized carbons (Fsp3) is 0.269. The molecule has 2 aromatic carbocycles. The summed E-state index contributed by atoms with van der Waals surface area (Å²) in [6.45, 7) is 5.06. The van der Waals surface area contributed by atoms with Gasteiger partial charge in [0.1, 0.15) is 11.6 Å². The molecule has 4 aromatic rings. The first kappa shape index (κ1) is 22.4. The number of hydrogen-bond donors (Lipinski definition) is 2. The van der Waals surface area contributed by atoms with E-state index >= 15 is 0 Å². The minimum absolute atomic E-state index is 0.521. The normalized spacial score (nSPS) is 13.8. The van der Waals surface area contributed by atoms with Gasteiger partial charge in [0.05, 0.1) is 24.2 Å². The average molecular weight is 473 g/mol. The van der Waals surface area contributed by atoms with E-state index in [1.807, 2.05) is 54.2 Å². The topological polar surface area (TPSA) is 79.0 Å². The number of aromatic nitrogens is 4. The monoisotopic (exact) mass is 472 g/mol. The number of aromatic amines is 1. The Labute approximate surface area is 204 Å². The number of thioether (sulfide) groups is 1. The number of anilines is 2. The van der Waals surface area contributed by atoms with Crippen molar-refractivity contribution in [1.82, 2.24) is 24.8 Å². The Morgan fingerprint density at radius 1 is 1.12 bits per heavy atom. The summed E-state index contributed by atoms with van der Waals surface area (Å²) in [5.74, 6) is 4.57. The summed E-state index contributed by atoms with van der Waals surface area (Å²) in [7, 11) is 0. The first-order valence-corrected chi connectivity index (χ1v) is 12.6. The van der Waals surface area contributed by atoms with Crippen molar-refractivity contribution < 1.29 is 4.74 Å². The number of nitrogens with one attached hydrogen (secondary N) is 2. The van der Waals surface area contributed by atoms with Gasteiger partial charge in [0.2, 0.25) is 5.95 Å². The zero-order valence-corrected chi connectivity index (χ0v) is 20.0. The highest BCUT2D eigenvalue weighted by Crippen LogP contribution is 2.24. The van der Waals surface area contributed by atoms with E-state index in [1.165, 1.54) is 17.9 Å². The molecule has 174 valence electrons. The number of rotatable bonds is 9. The summed E-state index contributed by atoms with van der Waals surface area (Å²) in [4.78, 5) is 19.4. The molecule has 0 saturated carbocycles. The standard InChI is InChI=1S/C26H28N6OS/c1-19-5-2-6-20(15-19)25-28-17-24(30-25)23-9-10-27-26(31-23)29-21-7-3-8-22(16-21)33-13-4-11-32-12-14-34-18-32/h2-3,5-10,15-17H,4,11-14,18H2,1H3,(H,28,30)(H,27,29,31). The van der Waals surface area contributed by atoms with Gasteiger partial charge in [-0.05, 0) is 37.6 Å². The molecule has 7 nitrogen and oxygen atoms in total. The van der Waals surface area contributed by atoms with Gasteiger partial charge >= 0.3 is 0 Å². The predicted molar refractivity (Wildman–Crippen MR) is 139 cm³/mol. The number of nitrogens with zero attached hydrogens (tertiary/aromatic N) is 4. The molecule has 1 saturated heterocycles. The Morgan fingerprint density at radius 2 is 2.06 bits per heavy atom. The van der Waals surface area contributed by atoms with E-state index in [1.54, 1.807) is 12.4 Å². The highest BCUT2D eigenvalue weighted by molar-refractivity contribution is 7.99. The van der Waals surface area contributed by atoms with E-state index < -0.39 is 0 Å². The molecule has 2 N–H and O–H groups in total. The van der Waals surface area contributed by atoms with Gasteiger partial charge < -0.3 is 15.0 Å². The van der Waals surface area contributed by atoms with Crippen LogP contribution in [0.3, 0.4) is 0 Å². The van der Waals surface area contributed by atoms with E-state index in [2.05, 4.69) is 49.2 Å². The van der Waals surface area contributed by atoms with Crippen LogP contribution in [0.25, 0.3) is 22.8 Å². The number of aryl methyl sites for hydroxylation is 1. The summed E-state index contributed by atoms with van der Waals surface area (Å²) < 4.78 is 5.96. The molecule has 0 spiro atoms. The molecule has 8 heteroatoms. The maximum atomic E-state index is 5.96. The largest absolute Gasteiger partial charge is 0.493 e. The lowest BCUT2D eigenvalue weighted by Crippen LogP contribution is -2.22. The van der Waals surface area contributed by atoms with Gasteiger partial charge in [-0.2, -0.15) is 0 Å². The third-order valence-corrected chi connectivity index (χ3v) is 6.62. The first-order chi connectivity index (χ1) is 16.7. The molecule has 0 radical (unpaired) electrons. The van der Waals surface area contributed by atoms with Crippen molar-refractivity contribution in [2.24, 2.45) is 0 Å². The molecule has 0 unspecified atom stereocenters. The minimum Gasteiger partial charge on any atom is -0.493 e. The summed E-state index contributed by atoms with van der Waals surface area (Å²) in [6, 6.07) is 18.0. The van der Waals surface area contributed by atoms with Crippen LogP contribution in [0.1, 0.15) is 12.0 Å². The highest BCUT2D eigenvalue weighted by atomic mass is 32.2. The van der Waals surface area contributed by atoms with Crippen LogP contribution in [0.5, 0.6) is 5.75 Å². The maximum absolute atomic E-state index is 5.96. The molecule has 0 atom stereocenters. The van der Waals surface area contributed by atoms with E-state index in [0.29, 0.717) is 12.6 Å². The zero-order valence-electron chi connectivity index (χ0n) is 19.2. The number of hydrogen-bond acceptors (Lipinski definition) is 7. The number of benzene rings is 2. The van der Waals surface area contributed by atoms with Crippen LogP contribution in [-0.4, -0.2) is 56.2 Å². The number of ether oxygens (including phenoxy) is 1. The van der Waals surface area contributed by atoms with E-state index in [4.69, 9.17) is 4.74 Å².